The first-order valence-electron chi connectivity index (χ1n) is 8.09. The van der Waals surface area contributed by atoms with Crippen LogP contribution < -0.4 is 5.48 Å². The molecule has 3 rings (SSSR count). The zero-order valence-corrected chi connectivity index (χ0v) is 14.5. The Kier molecular flexibility index (Phi) is 4.95. The zero-order chi connectivity index (χ0) is 17.8. The summed E-state index contributed by atoms with van der Waals surface area (Å²) in [7, 11) is 1.42. The fourth-order valence-electron chi connectivity index (χ4n) is 3.05. The van der Waals surface area contributed by atoms with Gasteiger partial charge in [-0.2, -0.15) is 0 Å². The van der Waals surface area contributed by atoms with E-state index in [4.69, 9.17) is 4.84 Å². The number of carbonyl (C=O) groups is 1. The van der Waals surface area contributed by atoms with E-state index in [1.165, 1.54) is 23.8 Å². The summed E-state index contributed by atoms with van der Waals surface area (Å²) in [6, 6.07) is 13.8. The summed E-state index contributed by atoms with van der Waals surface area (Å²) >= 11 is 0. The Bertz CT molecular complexity index is 872. The molecule has 0 spiro atoms. The molecule has 2 aromatic carbocycles. The molecule has 0 unspecified atom stereocenters. The number of benzene rings is 2. The van der Waals surface area contributed by atoms with Gasteiger partial charge in [-0.25, -0.2) is 10.5 Å². The van der Waals surface area contributed by atoms with Crippen LogP contribution in [0.2, 0.25) is 0 Å². The Balaban J connectivity index is 2.12. The minimum absolute atomic E-state index is 0.0299. The van der Waals surface area contributed by atoms with E-state index in [9.17, 15) is 4.79 Å². The van der Waals surface area contributed by atoms with E-state index in [1.807, 2.05) is 24.4 Å². The van der Waals surface area contributed by atoms with Crippen molar-refractivity contribution in [2.45, 2.75) is 19.8 Å². The van der Waals surface area contributed by atoms with Crippen molar-refractivity contribution in [1.82, 2.24) is 15.4 Å². The van der Waals surface area contributed by atoms with Crippen molar-refractivity contribution in [2.75, 3.05) is 7.11 Å². The van der Waals surface area contributed by atoms with E-state index in [0.717, 1.165) is 11.3 Å². The minimum Gasteiger partial charge on any atom is -0.348 e. The number of H-pyrrole nitrogens is 1. The molecule has 3 aromatic rings. The molecule has 0 aliphatic carbocycles. The molecule has 5 heteroatoms. The molecule has 1 atom stereocenters. The molecule has 0 bridgehead atoms. The number of hydroxylamine groups is 1. The number of amides is 1. The van der Waals surface area contributed by atoms with Crippen molar-refractivity contribution in [3.8, 4) is 0 Å². The maximum Gasteiger partial charge on any atom is 0.274 e. The Morgan fingerprint density at radius 1 is 1.20 bits per heavy atom. The van der Waals surface area contributed by atoms with Gasteiger partial charge in [0.25, 0.3) is 5.91 Å². The SMILES string of the molecule is CONC(=O)c1cccc([C@@H](c2cnc[nH]2)c2cccc(C)c2C)c1. The Hall–Kier alpha value is -2.92. The number of nitrogens with one attached hydrogen (secondary N) is 2. The van der Waals surface area contributed by atoms with Crippen LogP contribution in [0.25, 0.3) is 0 Å². The highest BCUT2D eigenvalue weighted by Gasteiger charge is 2.21. The van der Waals surface area contributed by atoms with E-state index < -0.39 is 0 Å². The molecule has 5 nitrogen and oxygen atoms in total. The van der Waals surface area contributed by atoms with Crippen molar-refractivity contribution in [3.63, 3.8) is 0 Å². The first kappa shape index (κ1) is 16.9. The quantitative estimate of drug-likeness (QED) is 0.701. The van der Waals surface area contributed by atoms with Gasteiger partial charge in [0.05, 0.1) is 19.4 Å². The fraction of sp³-hybridized carbons (Fsp3) is 0.200. The second kappa shape index (κ2) is 7.32. The maximum absolute atomic E-state index is 12.1. The first-order chi connectivity index (χ1) is 12.1. The summed E-state index contributed by atoms with van der Waals surface area (Å²) in [6.45, 7) is 4.22. The molecule has 2 N–H and O–H groups in total. The molecule has 0 saturated heterocycles. The second-order valence-electron chi connectivity index (χ2n) is 5.99. The zero-order valence-electron chi connectivity index (χ0n) is 14.5. The van der Waals surface area contributed by atoms with Gasteiger partial charge in [0, 0.05) is 17.5 Å². The number of nitrogens with zero attached hydrogens (tertiary/aromatic N) is 1. The molecule has 25 heavy (non-hydrogen) atoms. The summed E-state index contributed by atoms with van der Waals surface area (Å²) in [5, 5.41) is 0. The van der Waals surface area contributed by atoms with Gasteiger partial charge in [-0.3, -0.25) is 9.63 Å². The van der Waals surface area contributed by atoms with Crippen molar-refractivity contribution in [1.29, 1.82) is 0 Å². The van der Waals surface area contributed by atoms with Gasteiger partial charge < -0.3 is 4.98 Å². The van der Waals surface area contributed by atoms with E-state index >= 15 is 0 Å². The molecule has 0 aliphatic heterocycles. The Labute approximate surface area is 147 Å². The average Bonchev–Trinajstić information content (AvgIpc) is 3.14. The number of aromatic nitrogens is 2. The lowest BCUT2D eigenvalue weighted by atomic mass is 9.84. The van der Waals surface area contributed by atoms with Gasteiger partial charge >= 0.3 is 0 Å². The van der Waals surface area contributed by atoms with E-state index in [2.05, 4.69) is 47.5 Å². The van der Waals surface area contributed by atoms with Crippen LogP contribution in [0, 0.1) is 13.8 Å². The van der Waals surface area contributed by atoms with E-state index in [0.29, 0.717) is 5.56 Å². The Morgan fingerprint density at radius 3 is 2.72 bits per heavy atom. The number of hydrogen-bond donors (Lipinski definition) is 2. The summed E-state index contributed by atoms with van der Waals surface area (Å²) in [5.41, 5.74) is 8.56. The summed E-state index contributed by atoms with van der Waals surface area (Å²) in [4.78, 5) is 24.2. The largest absolute Gasteiger partial charge is 0.348 e. The van der Waals surface area contributed by atoms with Gasteiger partial charge in [0.2, 0.25) is 0 Å². The Morgan fingerprint density at radius 2 is 2.00 bits per heavy atom. The van der Waals surface area contributed by atoms with Crippen LogP contribution >= 0.6 is 0 Å². The molecule has 1 amide bonds. The molecule has 0 saturated carbocycles. The van der Waals surface area contributed by atoms with Crippen molar-refractivity contribution >= 4 is 5.91 Å². The van der Waals surface area contributed by atoms with Crippen molar-refractivity contribution in [2.24, 2.45) is 0 Å². The van der Waals surface area contributed by atoms with Gasteiger partial charge in [-0.1, -0.05) is 30.3 Å². The van der Waals surface area contributed by atoms with Crippen molar-refractivity contribution < 1.29 is 9.63 Å². The van der Waals surface area contributed by atoms with Crippen molar-refractivity contribution in [3.05, 3.63) is 88.5 Å². The predicted octanol–water partition coefficient (Wildman–Crippen LogP) is 3.50. The smallest absolute Gasteiger partial charge is 0.274 e. The van der Waals surface area contributed by atoms with Gasteiger partial charge in [0.15, 0.2) is 0 Å². The third-order valence-electron chi connectivity index (χ3n) is 4.46. The molecule has 0 fully saturated rings. The monoisotopic (exact) mass is 335 g/mol. The molecular weight excluding hydrogens is 314 g/mol. The molecule has 0 aliphatic rings. The van der Waals surface area contributed by atoms with E-state index in [-0.39, 0.29) is 11.8 Å². The van der Waals surface area contributed by atoms with Crippen LogP contribution in [-0.4, -0.2) is 23.0 Å². The highest BCUT2D eigenvalue weighted by molar-refractivity contribution is 5.93. The highest BCUT2D eigenvalue weighted by atomic mass is 16.6. The number of hydrogen-bond acceptors (Lipinski definition) is 3. The first-order valence-corrected chi connectivity index (χ1v) is 8.09. The fourth-order valence-corrected chi connectivity index (χ4v) is 3.05. The van der Waals surface area contributed by atoms with Crippen LogP contribution in [0.4, 0.5) is 0 Å². The highest BCUT2D eigenvalue weighted by Crippen LogP contribution is 2.33. The molecule has 1 aromatic heterocycles. The number of rotatable bonds is 5. The van der Waals surface area contributed by atoms with Crippen LogP contribution in [0.15, 0.2) is 55.0 Å². The lowest BCUT2D eigenvalue weighted by Gasteiger charge is -2.20. The lowest BCUT2D eigenvalue weighted by molar-refractivity contribution is 0.0537. The number of carbonyl (C=O) groups excluding carboxylic acids is 1. The molecular formula is C20H21N3O2. The normalized spacial score (nSPS) is 12.0. The average molecular weight is 335 g/mol. The van der Waals surface area contributed by atoms with Crippen LogP contribution in [0.3, 0.4) is 0 Å². The minimum atomic E-state index is -0.270. The van der Waals surface area contributed by atoms with Crippen LogP contribution in [0.1, 0.15) is 44.2 Å². The van der Waals surface area contributed by atoms with Crippen LogP contribution in [-0.2, 0) is 4.84 Å². The summed E-state index contributed by atoms with van der Waals surface area (Å²) < 4.78 is 0. The second-order valence-corrected chi connectivity index (χ2v) is 5.99. The predicted molar refractivity (Wildman–Crippen MR) is 96.4 cm³/mol. The molecule has 128 valence electrons. The van der Waals surface area contributed by atoms with Gasteiger partial charge in [0.1, 0.15) is 0 Å². The van der Waals surface area contributed by atoms with Gasteiger partial charge in [-0.05, 0) is 48.2 Å². The van der Waals surface area contributed by atoms with Crippen LogP contribution in [0.5, 0.6) is 0 Å². The summed E-state index contributed by atoms with van der Waals surface area (Å²) in [5.74, 6) is -0.300. The summed E-state index contributed by atoms with van der Waals surface area (Å²) in [6.07, 6.45) is 3.50. The third-order valence-corrected chi connectivity index (χ3v) is 4.46. The number of aryl methyl sites for hydroxylation is 1. The lowest BCUT2D eigenvalue weighted by Crippen LogP contribution is -2.22. The standard InChI is InChI=1S/C20H21N3O2/c1-13-6-4-9-17(14(13)2)19(18-11-21-12-22-18)15-7-5-8-16(10-15)20(24)23-25-3/h4-12,19H,1-3H3,(H,21,22)(H,23,24)/t19-/m1/s1. The number of aromatic amines is 1. The third kappa shape index (κ3) is 3.46. The van der Waals surface area contributed by atoms with E-state index in [1.54, 1.807) is 12.4 Å². The number of imidazole rings is 1. The molecule has 0 radical (unpaired) electrons. The molecule has 1 heterocycles. The topological polar surface area (TPSA) is 67.0 Å². The van der Waals surface area contributed by atoms with Gasteiger partial charge in [-0.15, -0.1) is 0 Å². The maximum atomic E-state index is 12.1.